The zero-order valence-corrected chi connectivity index (χ0v) is 10.3. The molecule has 2 rings (SSSR count). The normalized spacial score (nSPS) is 23.3. The lowest BCUT2D eigenvalue weighted by atomic mass is 10.1. The van der Waals surface area contributed by atoms with Gasteiger partial charge >= 0.3 is 0 Å². The van der Waals surface area contributed by atoms with Crippen LogP contribution in [0.2, 0.25) is 0 Å². The zero-order valence-electron chi connectivity index (χ0n) is 10.3. The fourth-order valence-corrected chi connectivity index (χ4v) is 2.30. The van der Waals surface area contributed by atoms with E-state index < -0.39 is 0 Å². The Labute approximate surface area is 101 Å². The summed E-state index contributed by atoms with van der Waals surface area (Å²) in [6, 6.07) is 2.03. The quantitative estimate of drug-likeness (QED) is 0.797. The molecule has 1 fully saturated rings. The summed E-state index contributed by atoms with van der Waals surface area (Å²) in [6.07, 6.45) is 3.41. The first kappa shape index (κ1) is 12.1. The predicted molar refractivity (Wildman–Crippen MR) is 64.6 cm³/mol. The molecule has 2 heterocycles. The van der Waals surface area contributed by atoms with Crippen LogP contribution in [0.3, 0.4) is 0 Å². The van der Waals surface area contributed by atoms with Crippen LogP contribution < -0.4 is 10.6 Å². The number of hydrogen-bond donors (Lipinski definition) is 2. The first-order chi connectivity index (χ1) is 8.24. The standard InChI is InChI=1S/C12H19N3O2/c1-9(10-3-6-17-8-10)15-5-4-14-7-11(15)12(16)13-2/h3,6,8-9,11,14H,4-5,7H2,1-2H3,(H,13,16). The molecule has 1 aromatic rings. The van der Waals surface area contributed by atoms with Gasteiger partial charge in [-0.15, -0.1) is 0 Å². The molecule has 0 radical (unpaired) electrons. The predicted octanol–water partition coefficient (Wildman–Crippen LogP) is 0.360. The molecule has 1 saturated heterocycles. The van der Waals surface area contributed by atoms with Crippen LogP contribution in [-0.2, 0) is 4.79 Å². The van der Waals surface area contributed by atoms with Crippen LogP contribution >= 0.6 is 0 Å². The van der Waals surface area contributed by atoms with Crippen LogP contribution in [-0.4, -0.2) is 43.5 Å². The minimum atomic E-state index is -0.112. The summed E-state index contributed by atoms with van der Waals surface area (Å²) in [5, 5.41) is 5.98. The summed E-state index contributed by atoms with van der Waals surface area (Å²) in [6.45, 7) is 4.58. The fourth-order valence-electron chi connectivity index (χ4n) is 2.30. The number of hydrogen-bond acceptors (Lipinski definition) is 4. The number of carbonyl (C=O) groups excluding carboxylic acids is 1. The molecule has 1 aliphatic heterocycles. The van der Waals surface area contributed by atoms with Gasteiger partial charge in [0.05, 0.1) is 12.5 Å². The van der Waals surface area contributed by atoms with E-state index >= 15 is 0 Å². The van der Waals surface area contributed by atoms with Gasteiger partial charge in [-0.05, 0) is 13.0 Å². The average molecular weight is 237 g/mol. The Morgan fingerprint density at radius 2 is 2.53 bits per heavy atom. The lowest BCUT2D eigenvalue weighted by molar-refractivity contribution is -0.127. The van der Waals surface area contributed by atoms with Crippen LogP contribution in [0.15, 0.2) is 23.0 Å². The molecule has 1 aliphatic rings. The molecule has 1 aromatic heterocycles. The second-order valence-electron chi connectivity index (χ2n) is 4.30. The molecule has 0 bridgehead atoms. The Bertz CT molecular complexity index is 364. The van der Waals surface area contributed by atoms with Crippen molar-refractivity contribution >= 4 is 5.91 Å². The minimum Gasteiger partial charge on any atom is -0.472 e. The maximum atomic E-state index is 11.8. The molecule has 1 amide bonds. The van der Waals surface area contributed by atoms with Gasteiger partial charge in [0.15, 0.2) is 0 Å². The van der Waals surface area contributed by atoms with E-state index in [4.69, 9.17) is 4.42 Å². The molecule has 2 atom stereocenters. The minimum absolute atomic E-state index is 0.0625. The Morgan fingerprint density at radius 1 is 1.71 bits per heavy atom. The van der Waals surface area contributed by atoms with Crippen LogP contribution in [0.4, 0.5) is 0 Å². The number of carbonyl (C=O) groups is 1. The van der Waals surface area contributed by atoms with Crippen LogP contribution in [0.5, 0.6) is 0 Å². The van der Waals surface area contributed by atoms with E-state index in [1.54, 1.807) is 19.6 Å². The molecule has 0 aliphatic carbocycles. The molecule has 5 heteroatoms. The van der Waals surface area contributed by atoms with Crippen molar-refractivity contribution < 1.29 is 9.21 Å². The molecule has 5 nitrogen and oxygen atoms in total. The van der Waals surface area contributed by atoms with Crippen molar-refractivity contribution in [3.05, 3.63) is 24.2 Å². The maximum Gasteiger partial charge on any atom is 0.238 e. The SMILES string of the molecule is CNC(=O)C1CNCCN1C(C)c1ccoc1. The number of furan rings is 1. The summed E-state index contributed by atoms with van der Waals surface area (Å²) < 4.78 is 5.11. The van der Waals surface area contributed by atoms with Crippen LogP contribution in [0.1, 0.15) is 18.5 Å². The lowest BCUT2D eigenvalue weighted by Gasteiger charge is -2.38. The molecule has 94 valence electrons. The molecule has 2 unspecified atom stereocenters. The summed E-state index contributed by atoms with van der Waals surface area (Å²) in [4.78, 5) is 14.0. The van der Waals surface area contributed by atoms with Gasteiger partial charge in [0.25, 0.3) is 0 Å². The summed E-state index contributed by atoms with van der Waals surface area (Å²) in [7, 11) is 1.68. The number of nitrogens with one attached hydrogen (secondary N) is 2. The molecule has 2 N–H and O–H groups in total. The monoisotopic (exact) mass is 237 g/mol. The molecular formula is C12H19N3O2. The number of amides is 1. The van der Waals surface area contributed by atoms with Crippen molar-refractivity contribution in [1.29, 1.82) is 0 Å². The van der Waals surface area contributed by atoms with Crippen molar-refractivity contribution in [2.24, 2.45) is 0 Å². The molecule has 17 heavy (non-hydrogen) atoms. The highest BCUT2D eigenvalue weighted by molar-refractivity contribution is 5.81. The molecular weight excluding hydrogens is 218 g/mol. The van der Waals surface area contributed by atoms with Gasteiger partial charge < -0.3 is 15.1 Å². The van der Waals surface area contributed by atoms with Gasteiger partial charge in [-0.3, -0.25) is 9.69 Å². The Kier molecular flexibility index (Phi) is 3.81. The zero-order chi connectivity index (χ0) is 12.3. The smallest absolute Gasteiger partial charge is 0.238 e. The van der Waals surface area contributed by atoms with Gasteiger partial charge in [-0.2, -0.15) is 0 Å². The first-order valence-electron chi connectivity index (χ1n) is 5.94. The maximum absolute atomic E-state index is 11.8. The Balaban J connectivity index is 2.13. The van der Waals surface area contributed by atoms with Crippen molar-refractivity contribution in [1.82, 2.24) is 15.5 Å². The van der Waals surface area contributed by atoms with Crippen molar-refractivity contribution in [3.63, 3.8) is 0 Å². The third-order valence-electron chi connectivity index (χ3n) is 3.36. The third kappa shape index (κ3) is 2.50. The average Bonchev–Trinajstić information content (AvgIpc) is 2.91. The first-order valence-corrected chi connectivity index (χ1v) is 5.94. The van der Waals surface area contributed by atoms with E-state index in [0.717, 1.165) is 18.7 Å². The lowest BCUT2D eigenvalue weighted by Crippen LogP contribution is -2.57. The molecule has 0 saturated carbocycles. The van der Waals surface area contributed by atoms with E-state index in [9.17, 15) is 4.79 Å². The van der Waals surface area contributed by atoms with E-state index in [-0.39, 0.29) is 18.0 Å². The van der Waals surface area contributed by atoms with E-state index in [1.165, 1.54) is 0 Å². The largest absolute Gasteiger partial charge is 0.472 e. The number of piperazine rings is 1. The van der Waals surface area contributed by atoms with E-state index in [1.807, 2.05) is 6.07 Å². The summed E-state index contributed by atoms with van der Waals surface area (Å²) in [5.74, 6) is 0.0625. The van der Waals surface area contributed by atoms with E-state index in [2.05, 4.69) is 22.5 Å². The van der Waals surface area contributed by atoms with Gasteiger partial charge in [0.2, 0.25) is 5.91 Å². The highest BCUT2D eigenvalue weighted by atomic mass is 16.3. The van der Waals surface area contributed by atoms with Crippen molar-refractivity contribution in [2.45, 2.75) is 19.0 Å². The third-order valence-corrected chi connectivity index (χ3v) is 3.36. The molecule has 0 spiro atoms. The summed E-state index contributed by atoms with van der Waals surface area (Å²) >= 11 is 0. The second kappa shape index (κ2) is 5.33. The van der Waals surface area contributed by atoms with Gasteiger partial charge in [-0.1, -0.05) is 0 Å². The van der Waals surface area contributed by atoms with Gasteiger partial charge in [0, 0.05) is 38.3 Å². The van der Waals surface area contributed by atoms with E-state index in [0.29, 0.717) is 6.54 Å². The van der Waals surface area contributed by atoms with Crippen LogP contribution in [0.25, 0.3) is 0 Å². The summed E-state index contributed by atoms with van der Waals surface area (Å²) in [5.41, 5.74) is 1.11. The number of likely N-dealkylation sites (N-methyl/N-ethyl adjacent to an activating group) is 1. The topological polar surface area (TPSA) is 57.5 Å². The second-order valence-corrected chi connectivity index (χ2v) is 4.30. The Hall–Kier alpha value is -1.33. The van der Waals surface area contributed by atoms with Crippen molar-refractivity contribution in [2.75, 3.05) is 26.7 Å². The molecule has 0 aromatic carbocycles. The Morgan fingerprint density at radius 3 is 3.18 bits per heavy atom. The number of nitrogens with zero attached hydrogens (tertiary/aromatic N) is 1. The fraction of sp³-hybridized carbons (Fsp3) is 0.583. The number of rotatable bonds is 3. The van der Waals surface area contributed by atoms with Crippen LogP contribution in [0, 0.1) is 0 Å². The van der Waals surface area contributed by atoms with Gasteiger partial charge in [0.1, 0.15) is 6.04 Å². The highest BCUT2D eigenvalue weighted by Crippen LogP contribution is 2.23. The van der Waals surface area contributed by atoms with Crippen molar-refractivity contribution in [3.8, 4) is 0 Å². The van der Waals surface area contributed by atoms with Gasteiger partial charge in [-0.25, -0.2) is 0 Å². The highest BCUT2D eigenvalue weighted by Gasteiger charge is 2.31.